The number of hydrogen-bond acceptors (Lipinski definition) is 5. The number of carbonyl (C=O) groups excluding carboxylic acids is 1. The number of hydrogen-bond donors (Lipinski definition) is 1. The van der Waals surface area contributed by atoms with Crippen LogP contribution in [-0.2, 0) is 26.0 Å². The molecule has 1 heterocycles. The number of ether oxygens (including phenoxy) is 1. The van der Waals surface area contributed by atoms with E-state index in [0.717, 1.165) is 12.8 Å². The van der Waals surface area contributed by atoms with Gasteiger partial charge in [-0.25, -0.2) is 13.4 Å². The van der Waals surface area contributed by atoms with E-state index in [1.807, 2.05) is 6.92 Å². The Kier molecular flexibility index (Phi) is 4.44. The van der Waals surface area contributed by atoms with E-state index < -0.39 is 16.0 Å². The van der Waals surface area contributed by atoms with Crippen LogP contribution in [0.25, 0.3) is 0 Å². The normalized spacial score (nSPS) is 15.6. The third-order valence-electron chi connectivity index (χ3n) is 3.07. The molecular weight excluding hydrogens is 282 g/mol. The summed E-state index contributed by atoms with van der Waals surface area (Å²) in [4.78, 5) is 18.4. The third kappa shape index (κ3) is 3.18. The topological polar surface area (TPSA) is 92.4 Å². The summed E-state index contributed by atoms with van der Waals surface area (Å²) in [7, 11) is -3.73. The molecule has 8 heteroatoms. The van der Waals surface area contributed by atoms with Crippen molar-refractivity contribution in [1.29, 1.82) is 0 Å². The van der Waals surface area contributed by atoms with Crippen molar-refractivity contribution in [3.63, 3.8) is 0 Å². The Hall–Kier alpha value is -1.41. The highest BCUT2D eigenvalue weighted by atomic mass is 32.2. The van der Waals surface area contributed by atoms with Crippen LogP contribution in [0.2, 0.25) is 0 Å². The van der Waals surface area contributed by atoms with Crippen molar-refractivity contribution >= 4 is 16.0 Å². The van der Waals surface area contributed by atoms with Gasteiger partial charge in [0.05, 0.1) is 12.8 Å². The van der Waals surface area contributed by atoms with Gasteiger partial charge in [-0.3, -0.25) is 4.79 Å². The molecule has 1 fully saturated rings. The number of aromatic amines is 1. The molecule has 7 nitrogen and oxygen atoms in total. The fourth-order valence-corrected chi connectivity index (χ4v) is 3.45. The molecule has 0 radical (unpaired) electrons. The number of rotatable bonds is 7. The predicted molar refractivity (Wildman–Crippen MR) is 71.5 cm³/mol. The maximum Gasteiger partial charge on any atom is 0.321 e. The van der Waals surface area contributed by atoms with Crippen LogP contribution >= 0.6 is 0 Å². The Morgan fingerprint density at radius 3 is 2.70 bits per heavy atom. The lowest BCUT2D eigenvalue weighted by atomic mass is 10.5. The quantitative estimate of drug-likeness (QED) is 0.748. The van der Waals surface area contributed by atoms with E-state index in [4.69, 9.17) is 4.74 Å². The van der Waals surface area contributed by atoms with Crippen molar-refractivity contribution in [3.8, 4) is 0 Å². The predicted octanol–water partition coefficient (Wildman–Crippen LogP) is 0.688. The highest BCUT2D eigenvalue weighted by Crippen LogP contribution is 2.31. The summed E-state index contributed by atoms with van der Waals surface area (Å²) in [6.45, 7) is 3.56. The number of esters is 1. The number of imidazole rings is 1. The molecule has 1 aromatic rings. The van der Waals surface area contributed by atoms with E-state index in [1.165, 1.54) is 10.5 Å². The summed E-state index contributed by atoms with van der Waals surface area (Å²) in [6, 6.07) is -0.113. The zero-order valence-electron chi connectivity index (χ0n) is 11.6. The van der Waals surface area contributed by atoms with Crippen LogP contribution in [0, 0.1) is 0 Å². The Bertz CT molecular complexity index is 577. The molecule has 0 saturated heterocycles. The molecule has 1 aromatic heterocycles. The van der Waals surface area contributed by atoms with E-state index >= 15 is 0 Å². The summed E-state index contributed by atoms with van der Waals surface area (Å²) in [5.74, 6) is 0.0775. The van der Waals surface area contributed by atoms with Gasteiger partial charge in [0.1, 0.15) is 12.4 Å². The van der Waals surface area contributed by atoms with Crippen LogP contribution in [-0.4, -0.2) is 47.9 Å². The van der Waals surface area contributed by atoms with Crippen molar-refractivity contribution in [2.45, 2.75) is 44.2 Å². The van der Waals surface area contributed by atoms with Gasteiger partial charge in [-0.15, -0.1) is 0 Å². The Balaban J connectivity index is 2.21. The maximum absolute atomic E-state index is 12.5. The van der Waals surface area contributed by atoms with E-state index in [0.29, 0.717) is 12.2 Å². The van der Waals surface area contributed by atoms with Crippen molar-refractivity contribution in [2.75, 3.05) is 13.2 Å². The molecule has 0 atom stereocenters. The molecule has 0 bridgehead atoms. The van der Waals surface area contributed by atoms with Crippen LogP contribution in [0.3, 0.4) is 0 Å². The summed E-state index contributed by atoms with van der Waals surface area (Å²) >= 11 is 0. The smallest absolute Gasteiger partial charge is 0.321 e. The van der Waals surface area contributed by atoms with Crippen LogP contribution < -0.4 is 0 Å². The van der Waals surface area contributed by atoms with Gasteiger partial charge < -0.3 is 9.72 Å². The number of nitrogens with zero attached hydrogens (tertiary/aromatic N) is 2. The summed E-state index contributed by atoms with van der Waals surface area (Å²) < 4.78 is 31.1. The molecule has 0 amide bonds. The first-order valence-corrected chi connectivity index (χ1v) is 8.14. The molecular formula is C12H19N3O4S. The Morgan fingerprint density at radius 2 is 2.20 bits per heavy atom. The summed E-state index contributed by atoms with van der Waals surface area (Å²) in [6.07, 6.45) is 3.46. The lowest BCUT2D eigenvalue weighted by Crippen LogP contribution is -2.38. The van der Waals surface area contributed by atoms with E-state index in [2.05, 4.69) is 9.97 Å². The standard InChI is InChI=1S/C12H19N3O4S/c1-3-10-13-7-11(14-10)20(17,18)15(9-5-6-9)8-12(16)19-4-2/h7,9H,3-6,8H2,1-2H3,(H,13,14). The summed E-state index contributed by atoms with van der Waals surface area (Å²) in [5, 5.41) is 0.0329. The molecule has 1 aliphatic carbocycles. The van der Waals surface area contributed by atoms with Gasteiger partial charge >= 0.3 is 5.97 Å². The first kappa shape index (κ1) is 15.0. The SMILES string of the molecule is CCOC(=O)CN(C1CC1)S(=O)(=O)c1cnc(CC)[nH]1. The molecule has 1 aliphatic rings. The van der Waals surface area contributed by atoms with Gasteiger partial charge in [-0.05, 0) is 19.8 Å². The van der Waals surface area contributed by atoms with Crippen molar-refractivity contribution in [2.24, 2.45) is 0 Å². The van der Waals surface area contributed by atoms with Gasteiger partial charge in [0.2, 0.25) is 0 Å². The number of carbonyl (C=O) groups is 1. The average molecular weight is 301 g/mol. The van der Waals surface area contributed by atoms with Gasteiger partial charge in [0, 0.05) is 12.5 Å². The second-order valence-electron chi connectivity index (χ2n) is 4.63. The monoisotopic (exact) mass is 301 g/mol. The third-order valence-corrected chi connectivity index (χ3v) is 4.88. The zero-order chi connectivity index (χ0) is 14.8. The van der Waals surface area contributed by atoms with Gasteiger partial charge in [0.25, 0.3) is 10.0 Å². The number of H-pyrrole nitrogens is 1. The second-order valence-corrected chi connectivity index (χ2v) is 6.49. The molecule has 20 heavy (non-hydrogen) atoms. The van der Waals surface area contributed by atoms with Gasteiger partial charge in [-0.2, -0.15) is 4.31 Å². The maximum atomic E-state index is 12.5. The lowest BCUT2D eigenvalue weighted by molar-refractivity contribution is -0.143. The van der Waals surface area contributed by atoms with E-state index in [1.54, 1.807) is 6.92 Å². The van der Waals surface area contributed by atoms with Gasteiger partial charge in [-0.1, -0.05) is 6.92 Å². The molecule has 0 aromatic carbocycles. The van der Waals surface area contributed by atoms with E-state index in [9.17, 15) is 13.2 Å². The van der Waals surface area contributed by atoms with Crippen LogP contribution in [0.4, 0.5) is 0 Å². The Morgan fingerprint density at radius 1 is 1.50 bits per heavy atom. The number of nitrogens with one attached hydrogen (secondary N) is 1. The fourth-order valence-electron chi connectivity index (χ4n) is 1.89. The molecule has 0 unspecified atom stereocenters. The second kappa shape index (κ2) is 5.92. The minimum absolute atomic E-state index is 0.0329. The Labute approximate surface area is 118 Å². The molecule has 2 rings (SSSR count). The zero-order valence-corrected chi connectivity index (χ0v) is 12.4. The largest absolute Gasteiger partial charge is 0.465 e. The molecule has 0 spiro atoms. The van der Waals surface area contributed by atoms with Crippen LogP contribution in [0.15, 0.2) is 11.2 Å². The highest BCUT2D eigenvalue weighted by molar-refractivity contribution is 7.89. The highest BCUT2D eigenvalue weighted by Gasteiger charge is 2.40. The average Bonchev–Trinajstić information content (AvgIpc) is 3.11. The van der Waals surface area contributed by atoms with Crippen LogP contribution in [0.5, 0.6) is 0 Å². The first-order valence-electron chi connectivity index (χ1n) is 6.70. The minimum atomic E-state index is -3.73. The number of aryl methyl sites for hydroxylation is 1. The first-order chi connectivity index (χ1) is 9.48. The van der Waals surface area contributed by atoms with E-state index in [-0.39, 0.29) is 24.2 Å². The molecule has 1 saturated carbocycles. The minimum Gasteiger partial charge on any atom is -0.465 e. The van der Waals surface area contributed by atoms with Crippen molar-refractivity contribution < 1.29 is 17.9 Å². The number of aromatic nitrogens is 2. The van der Waals surface area contributed by atoms with Gasteiger partial charge in [0.15, 0.2) is 5.03 Å². The summed E-state index contributed by atoms with van der Waals surface area (Å²) in [5.41, 5.74) is 0. The fraction of sp³-hybridized carbons (Fsp3) is 0.667. The van der Waals surface area contributed by atoms with Crippen LogP contribution in [0.1, 0.15) is 32.5 Å². The van der Waals surface area contributed by atoms with Crippen molar-refractivity contribution in [1.82, 2.24) is 14.3 Å². The molecule has 0 aliphatic heterocycles. The molecule has 1 N–H and O–H groups in total. The van der Waals surface area contributed by atoms with Crippen molar-refractivity contribution in [3.05, 3.63) is 12.0 Å². The molecule has 112 valence electrons. The lowest BCUT2D eigenvalue weighted by Gasteiger charge is -2.19. The number of sulfonamides is 1.